The van der Waals surface area contributed by atoms with Crippen LogP contribution >= 0.6 is 0 Å². The average Bonchev–Trinajstić information content (AvgIpc) is 3.08. The minimum Gasteiger partial charge on any atom is -0.378 e. The summed E-state index contributed by atoms with van der Waals surface area (Å²) in [6.45, 7) is 6.23. The molecule has 4 heterocycles. The molecule has 0 amide bonds. The number of benzene rings is 1. The first-order valence-electron chi connectivity index (χ1n) is 11.5. The number of halogens is 3. The molecule has 9 heteroatoms. The van der Waals surface area contributed by atoms with Gasteiger partial charge in [-0.3, -0.25) is 0 Å². The number of H-pyrrole nitrogens is 1. The van der Waals surface area contributed by atoms with Crippen LogP contribution in [-0.2, 0) is 15.4 Å². The fourth-order valence-corrected chi connectivity index (χ4v) is 5.21. The molecule has 0 aliphatic carbocycles. The van der Waals surface area contributed by atoms with Crippen LogP contribution in [0.1, 0.15) is 41.9 Å². The van der Waals surface area contributed by atoms with Gasteiger partial charge < -0.3 is 24.7 Å². The predicted octanol–water partition coefficient (Wildman–Crippen LogP) is 5.21. The fourth-order valence-electron chi connectivity index (χ4n) is 5.21. The Morgan fingerprint density at radius 2 is 2.03 bits per heavy atom. The Bertz CT molecular complexity index is 1210. The fraction of sp³-hybridized carbons (Fsp3) is 0.480. The molecule has 6 nitrogen and oxygen atoms in total. The van der Waals surface area contributed by atoms with Gasteiger partial charge in [-0.1, -0.05) is 12.1 Å². The zero-order valence-corrected chi connectivity index (χ0v) is 19.7. The largest absolute Gasteiger partial charge is 0.378 e. The van der Waals surface area contributed by atoms with Gasteiger partial charge in [-0.05, 0) is 39.3 Å². The van der Waals surface area contributed by atoms with E-state index in [1.807, 2.05) is 13.8 Å². The Kier molecular flexibility index (Phi) is 5.72. The molecule has 182 valence electrons. The van der Waals surface area contributed by atoms with Crippen LogP contribution in [0.3, 0.4) is 0 Å². The van der Waals surface area contributed by atoms with Crippen molar-refractivity contribution in [1.82, 2.24) is 9.97 Å². The van der Waals surface area contributed by atoms with Gasteiger partial charge in [0.15, 0.2) is 0 Å². The maximum absolute atomic E-state index is 15.2. The molecule has 3 aromatic rings. The molecule has 2 saturated heterocycles. The molecule has 1 aromatic carbocycles. The summed E-state index contributed by atoms with van der Waals surface area (Å²) in [6, 6.07) is 6.33. The van der Waals surface area contributed by atoms with Crippen molar-refractivity contribution in [2.45, 2.75) is 51.2 Å². The first-order valence-corrected chi connectivity index (χ1v) is 11.5. The number of nitrogens with one attached hydrogen (secondary N) is 2. The van der Waals surface area contributed by atoms with Crippen molar-refractivity contribution in [2.24, 2.45) is 0 Å². The molecule has 0 saturated carbocycles. The van der Waals surface area contributed by atoms with E-state index in [0.717, 1.165) is 40.5 Å². The third kappa shape index (κ3) is 3.71. The van der Waals surface area contributed by atoms with E-state index in [1.165, 1.54) is 19.2 Å². The number of rotatable bonds is 7. The first-order chi connectivity index (χ1) is 16.2. The Balaban J connectivity index is 1.48. The topological polar surface area (TPSA) is 62.4 Å². The van der Waals surface area contributed by atoms with Gasteiger partial charge in [0.05, 0.1) is 53.8 Å². The molecule has 2 aliphatic rings. The van der Waals surface area contributed by atoms with Crippen molar-refractivity contribution in [2.75, 3.05) is 37.1 Å². The van der Waals surface area contributed by atoms with E-state index in [0.29, 0.717) is 31.1 Å². The third-order valence-corrected chi connectivity index (χ3v) is 6.93. The van der Waals surface area contributed by atoms with Gasteiger partial charge in [-0.25, -0.2) is 9.37 Å². The Morgan fingerprint density at radius 3 is 2.71 bits per heavy atom. The highest BCUT2D eigenvalue weighted by Crippen LogP contribution is 2.41. The molecule has 2 N–H and O–H groups in total. The molecule has 5 rings (SSSR count). The number of hydrogen-bond donors (Lipinski definition) is 2. The van der Waals surface area contributed by atoms with Crippen molar-refractivity contribution >= 4 is 22.4 Å². The Morgan fingerprint density at radius 1 is 1.29 bits per heavy atom. The van der Waals surface area contributed by atoms with Gasteiger partial charge in [0, 0.05) is 23.8 Å². The number of aromatic nitrogens is 2. The molecule has 0 spiro atoms. The van der Waals surface area contributed by atoms with Crippen molar-refractivity contribution < 1.29 is 22.6 Å². The summed E-state index contributed by atoms with van der Waals surface area (Å²) < 4.78 is 54.1. The number of fused-ring (bicyclic) bond motifs is 3. The number of aromatic amines is 1. The van der Waals surface area contributed by atoms with E-state index in [9.17, 15) is 8.78 Å². The van der Waals surface area contributed by atoms with E-state index in [1.54, 1.807) is 6.92 Å². The van der Waals surface area contributed by atoms with Crippen molar-refractivity contribution in [1.29, 1.82) is 0 Å². The zero-order valence-electron chi connectivity index (χ0n) is 19.7. The summed E-state index contributed by atoms with van der Waals surface area (Å²) in [4.78, 5) is 10.5. The lowest BCUT2D eigenvalue weighted by atomic mass is 9.90. The highest BCUT2D eigenvalue weighted by molar-refractivity contribution is 5.95. The van der Waals surface area contributed by atoms with Crippen molar-refractivity contribution in [3.63, 3.8) is 0 Å². The van der Waals surface area contributed by atoms with Gasteiger partial charge >= 0.3 is 0 Å². The second-order valence-corrected chi connectivity index (χ2v) is 9.31. The predicted molar refractivity (Wildman–Crippen MR) is 125 cm³/mol. The maximum atomic E-state index is 15.2. The quantitative estimate of drug-likeness (QED) is 0.493. The number of alkyl halides is 2. The standard InChI is InChI=1S/C25H29F3N4O2/c1-13(18-6-5-7-20(22(18)26)25(27,28)12-33-4)30-24-19-9-21(14(2)29-23(19)15(3)31-24)32-16-8-17(32)11-34-10-16/h5-7,9,13,16-17,30-31H,8,10-12H2,1-4H3/t13-,16?,17?/m1/s1. The molecular formula is C25H29F3N4O2. The average molecular weight is 475 g/mol. The minimum absolute atomic E-state index is 0.156. The molecule has 2 fully saturated rings. The van der Waals surface area contributed by atoms with Crippen LogP contribution < -0.4 is 10.2 Å². The van der Waals surface area contributed by atoms with Gasteiger partial charge in [0.25, 0.3) is 5.92 Å². The summed E-state index contributed by atoms with van der Waals surface area (Å²) in [5.74, 6) is -3.66. The van der Waals surface area contributed by atoms with Crippen molar-refractivity contribution in [3.8, 4) is 0 Å². The smallest absolute Gasteiger partial charge is 0.298 e. The second-order valence-electron chi connectivity index (χ2n) is 9.31. The van der Waals surface area contributed by atoms with E-state index < -0.39 is 30.0 Å². The van der Waals surface area contributed by atoms with E-state index >= 15 is 4.39 Å². The zero-order chi connectivity index (χ0) is 24.2. The lowest BCUT2D eigenvalue weighted by Gasteiger charge is -2.54. The number of anilines is 2. The molecule has 2 bridgehead atoms. The summed E-state index contributed by atoms with van der Waals surface area (Å²) in [7, 11) is 1.17. The third-order valence-electron chi connectivity index (χ3n) is 6.93. The monoisotopic (exact) mass is 474 g/mol. The highest BCUT2D eigenvalue weighted by atomic mass is 19.3. The summed E-state index contributed by atoms with van der Waals surface area (Å²) >= 11 is 0. The molecule has 2 aliphatic heterocycles. The summed E-state index contributed by atoms with van der Waals surface area (Å²) in [6.07, 6.45) is 1.12. The van der Waals surface area contributed by atoms with E-state index in [4.69, 9.17) is 9.72 Å². The number of hydrogen-bond acceptors (Lipinski definition) is 5. The molecule has 2 unspecified atom stereocenters. The van der Waals surface area contributed by atoms with E-state index in [-0.39, 0.29) is 5.56 Å². The Hall–Kier alpha value is -2.78. The molecular weight excluding hydrogens is 445 g/mol. The lowest BCUT2D eigenvalue weighted by molar-refractivity contribution is -0.0722. The first kappa shape index (κ1) is 23.0. The number of nitrogens with zero attached hydrogens (tertiary/aromatic N) is 2. The molecule has 3 atom stereocenters. The van der Waals surface area contributed by atoms with Crippen molar-refractivity contribution in [3.05, 3.63) is 52.6 Å². The number of pyridine rings is 1. The maximum Gasteiger partial charge on any atom is 0.298 e. The van der Waals surface area contributed by atoms with Crippen LogP contribution in [0, 0.1) is 19.7 Å². The highest BCUT2D eigenvalue weighted by Gasteiger charge is 2.43. The van der Waals surface area contributed by atoms with Crippen LogP contribution in [0.4, 0.5) is 24.7 Å². The summed E-state index contributed by atoms with van der Waals surface area (Å²) in [5.41, 5.74) is 3.22. The van der Waals surface area contributed by atoms with Gasteiger partial charge in [0.2, 0.25) is 0 Å². The van der Waals surface area contributed by atoms with Gasteiger partial charge in [-0.2, -0.15) is 8.78 Å². The number of morpholine rings is 1. The second kappa shape index (κ2) is 8.46. The number of aryl methyl sites for hydroxylation is 2. The van der Waals surface area contributed by atoms with Crippen LogP contribution in [0.2, 0.25) is 0 Å². The van der Waals surface area contributed by atoms with Crippen LogP contribution in [0.25, 0.3) is 10.9 Å². The van der Waals surface area contributed by atoms with Crippen LogP contribution in [-0.4, -0.2) is 49.0 Å². The van der Waals surface area contributed by atoms with Gasteiger partial charge in [-0.15, -0.1) is 0 Å². The molecule has 34 heavy (non-hydrogen) atoms. The molecule has 0 radical (unpaired) electrons. The Labute approximate surface area is 196 Å². The van der Waals surface area contributed by atoms with Crippen LogP contribution in [0.5, 0.6) is 0 Å². The number of methoxy groups -OCH3 is 1. The van der Waals surface area contributed by atoms with E-state index in [2.05, 4.69) is 26.0 Å². The van der Waals surface area contributed by atoms with Gasteiger partial charge in [0.1, 0.15) is 18.2 Å². The number of ether oxygens (including phenoxy) is 2. The SMILES string of the molecule is COCC(F)(F)c1cccc([C@@H](C)Nc2[nH]c(C)c3nc(C)c(N4C5COCC4C5)cc23)c1F. The molecule has 2 aromatic heterocycles. The van der Waals surface area contributed by atoms with Crippen LogP contribution in [0.15, 0.2) is 24.3 Å². The normalized spacial score (nSPS) is 21.0. The summed E-state index contributed by atoms with van der Waals surface area (Å²) in [5, 5.41) is 4.18. The minimum atomic E-state index is -3.42. The lowest BCUT2D eigenvalue weighted by Crippen LogP contribution is -2.64.